The van der Waals surface area contributed by atoms with Gasteiger partial charge in [-0.3, -0.25) is 14.4 Å². The number of aliphatic hydroxyl groups is 1. The highest BCUT2D eigenvalue weighted by Gasteiger charge is 2.29. The highest BCUT2D eigenvalue weighted by Crippen LogP contribution is 2.11. The molecule has 0 aliphatic rings. The number of rotatable bonds is 24. The topological polar surface area (TPSA) is 186 Å². The number of carbonyl (C=O) groups excluding carboxylic acids is 4. The zero-order chi connectivity index (χ0) is 29.5. The summed E-state index contributed by atoms with van der Waals surface area (Å²) < 4.78 is 4.81. The van der Waals surface area contributed by atoms with Crippen LogP contribution in [0.1, 0.15) is 104 Å². The fourth-order valence-corrected chi connectivity index (χ4v) is 4.26. The molecule has 228 valence electrons. The van der Waals surface area contributed by atoms with Crippen LogP contribution in [0.25, 0.3) is 0 Å². The van der Waals surface area contributed by atoms with E-state index in [4.69, 9.17) is 16.2 Å². The summed E-state index contributed by atoms with van der Waals surface area (Å²) in [7, 11) is 1.25. The summed E-state index contributed by atoms with van der Waals surface area (Å²) in [5, 5.41) is 17.6. The Balaban J connectivity index is 4.77. The number of amides is 3. The van der Waals surface area contributed by atoms with Gasteiger partial charge < -0.3 is 37.3 Å². The average Bonchev–Trinajstić information content (AvgIpc) is 2.90. The van der Waals surface area contributed by atoms with Crippen molar-refractivity contribution in [2.24, 2.45) is 17.4 Å². The van der Waals surface area contributed by atoms with Gasteiger partial charge in [0.15, 0.2) is 0 Å². The molecule has 3 amide bonds. The normalized spacial score (nSPS) is 13.4. The SMILES string of the molecule is COC(=O)[C@H](CC(C)C)NC(=O)[C@H](CCCCN)NC(=O)[C@H](CO)NC(=O)CCCCCCCCCCCN. The van der Waals surface area contributed by atoms with E-state index in [1.807, 2.05) is 13.8 Å². The molecule has 0 saturated heterocycles. The van der Waals surface area contributed by atoms with Crippen LogP contribution in [-0.2, 0) is 23.9 Å². The molecule has 39 heavy (non-hydrogen) atoms. The third kappa shape index (κ3) is 18.6. The molecular formula is C28H55N5O6. The molecule has 0 unspecified atom stereocenters. The summed E-state index contributed by atoms with van der Waals surface area (Å²) in [4.78, 5) is 50.4. The van der Waals surface area contributed by atoms with Gasteiger partial charge in [-0.25, -0.2) is 4.79 Å². The molecule has 0 bridgehead atoms. The Bertz CT molecular complexity index is 691. The van der Waals surface area contributed by atoms with Gasteiger partial charge >= 0.3 is 5.97 Å². The van der Waals surface area contributed by atoms with Crippen LogP contribution < -0.4 is 27.4 Å². The van der Waals surface area contributed by atoms with Crippen LogP contribution >= 0.6 is 0 Å². The minimum atomic E-state index is -1.18. The first kappa shape index (κ1) is 36.8. The summed E-state index contributed by atoms with van der Waals surface area (Å²) in [5.41, 5.74) is 11.1. The van der Waals surface area contributed by atoms with Crippen molar-refractivity contribution in [1.29, 1.82) is 0 Å². The maximum atomic E-state index is 13.0. The number of esters is 1. The molecule has 0 fully saturated rings. The molecule has 0 aromatic heterocycles. The van der Waals surface area contributed by atoms with E-state index in [2.05, 4.69) is 16.0 Å². The summed E-state index contributed by atoms with van der Waals surface area (Å²) in [6, 6.07) is -2.98. The van der Waals surface area contributed by atoms with Gasteiger partial charge in [0.1, 0.15) is 18.1 Å². The van der Waals surface area contributed by atoms with E-state index in [-0.39, 0.29) is 18.2 Å². The van der Waals surface area contributed by atoms with Crippen LogP contribution in [0.2, 0.25) is 0 Å². The molecule has 0 aliphatic carbocycles. The summed E-state index contributed by atoms with van der Waals surface area (Å²) >= 11 is 0. The number of unbranched alkanes of at least 4 members (excludes halogenated alkanes) is 9. The van der Waals surface area contributed by atoms with E-state index in [1.54, 1.807) is 0 Å². The van der Waals surface area contributed by atoms with Crippen molar-refractivity contribution in [3.8, 4) is 0 Å². The second kappa shape index (κ2) is 23.6. The first-order chi connectivity index (χ1) is 18.7. The number of ether oxygens (including phenoxy) is 1. The van der Waals surface area contributed by atoms with Gasteiger partial charge in [0, 0.05) is 6.42 Å². The lowest BCUT2D eigenvalue weighted by molar-refractivity contribution is -0.146. The van der Waals surface area contributed by atoms with E-state index in [0.29, 0.717) is 38.6 Å². The zero-order valence-corrected chi connectivity index (χ0v) is 24.5. The maximum Gasteiger partial charge on any atom is 0.328 e. The van der Waals surface area contributed by atoms with Gasteiger partial charge in [0.05, 0.1) is 13.7 Å². The minimum Gasteiger partial charge on any atom is -0.467 e. The molecule has 0 saturated carbocycles. The zero-order valence-electron chi connectivity index (χ0n) is 24.5. The highest BCUT2D eigenvalue weighted by atomic mass is 16.5. The molecule has 0 spiro atoms. The van der Waals surface area contributed by atoms with Gasteiger partial charge in [0.2, 0.25) is 17.7 Å². The number of carbonyl (C=O) groups is 4. The van der Waals surface area contributed by atoms with E-state index in [1.165, 1.54) is 32.8 Å². The Labute approximate surface area is 234 Å². The number of nitrogens with two attached hydrogens (primary N) is 2. The smallest absolute Gasteiger partial charge is 0.328 e. The Morgan fingerprint density at radius 2 is 1.18 bits per heavy atom. The van der Waals surface area contributed by atoms with Crippen molar-refractivity contribution >= 4 is 23.7 Å². The maximum absolute atomic E-state index is 13.0. The third-order valence-corrected chi connectivity index (χ3v) is 6.53. The van der Waals surface area contributed by atoms with Crippen LogP contribution in [0.15, 0.2) is 0 Å². The first-order valence-corrected chi connectivity index (χ1v) is 14.7. The second-order valence-electron chi connectivity index (χ2n) is 10.6. The Hall–Kier alpha value is -2.24. The van der Waals surface area contributed by atoms with E-state index >= 15 is 0 Å². The number of aliphatic hydroxyl groups excluding tert-OH is 1. The first-order valence-electron chi connectivity index (χ1n) is 14.7. The van der Waals surface area contributed by atoms with Crippen molar-refractivity contribution < 1.29 is 29.0 Å². The van der Waals surface area contributed by atoms with Crippen LogP contribution in [0.4, 0.5) is 0 Å². The second-order valence-corrected chi connectivity index (χ2v) is 10.6. The summed E-state index contributed by atoms with van der Waals surface area (Å²) in [6.07, 6.45) is 11.8. The van der Waals surface area contributed by atoms with Crippen molar-refractivity contribution in [3.63, 3.8) is 0 Å². The van der Waals surface area contributed by atoms with Crippen LogP contribution in [0.3, 0.4) is 0 Å². The molecule has 0 aromatic rings. The van der Waals surface area contributed by atoms with Crippen molar-refractivity contribution in [1.82, 2.24) is 16.0 Å². The molecule has 11 heteroatoms. The van der Waals surface area contributed by atoms with Gasteiger partial charge in [-0.05, 0) is 57.5 Å². The molecule has 0 radical (unpaired) electrons. The van der Waals surface area contributed by atoms with Gasteiger partial charge in [-0.1, -0.05) is 58.8 Å². The van der Waals surface area contributed by atoms with E-state index in [0.717, 1.165) is 32.2 Å². The molecule has 11 nitrogen and oxygen atoms in total. The number of nitrogens with one attached hydrogen (secondary N) is 3. The molecular weight excluding hydrogens is 502 g/mol. The predicted molar refractivity (Wildman–Crippen MR) is 152 cm³/mol. The lowest BCUT2D eigenvalue weighted by Crippen LogP contribution is -2.56. The Morgan fingerprint density at radius 1 is 0.692 bits per heavy atom. The largest absolute Gasteiger partial charge is 0.467 e. The molecule has 8 N–H and O–H groups in total. The molecule has 0 aromatic carbocycles. The Morgan fingerprint density at radius 3 is 1.69 bits per heavy atom. The standard InChI is InChI=1S/C28H55N5O6/c1-21(2)19-23(28(38)39-3)33-26(36)22(15-12-14-18-30)32-27(37)24(20-34)31-25(35)16-11-9-7-5-4-6-8-10-13-17-29/h21-24,34H,4-20,29-30H2,1-3H3,(H,31,35)(H,32,37)(H,33,36)/t22-,23-,24-/m0/s1. The molecule has 0 heterocycles. The molecule has 3 atom stereocenters. The lowest BCUT2D eigenvalue weighted by Gasteiger charge is -2.25. The van der Waals surface area contributed by atoms with Crippen LogP contribution in [0, 0.1) is 5.92 Å². The number of hydrogen-bond acceptors (Lipinski definition) is 8. The fourth-order valence-electron chi connectivity index (χ4n) is 4.26. The van der Waals surface area contributed by atoms with Crippen LogP contribution in [-0.4, -0.2) is 73.7 Å². The average molecular weight is 558 g/mol. The van der Waals surface area contributed by atoms with Crippen LogP contribution in [0.5, 0.6) is 0 Å². The van der Waals surface area contributed by atoms with Gasteiger partial charge in [-0.2, -0.15) is 0 Å². The number of methoxy groups -OCH3 is 1. The summed E-state index contributed by atoms with van der Waals surface area (Å²) in [5.74, 6) is -1.95. The van der Waals surface area contributed by atoms with E-state index < -0.39 is 42.5 Å². The van der Waals surface area contributed by atoms with Crippen molar-refractivity contribution in [2.45, 2.75) is 122 Å². The van der Waals surface area contributed by atoms with Crippen molar-refractivity contribution in [3.05, 3.63) is 0 Å². The number of hydrogen-bond donors (Lipinski definition) is 6. The predicted octanol–water partition coefficient (Wildman–Crippen LogP) is 1.64. The van der Waals surface area contributed by atoms with E-state index in [9.17, 15) is 24.3 Å². The monoisotopic (exact) mass is 557 g/mol. The highest BCUT2D eigenvalue weighted by molar-refractivity contribution is 5.93. The van der Waals surface area contributed by atoms with Gasteiger partial charge in [0.25, 0.3) is 0 Å². The Kier molecular flexibility index (Phi) is 22.3. The fraction of sp³-hybridized carbons (Fsp3) is 0.857. The molecule has 0 rings (SSSR count). The quantitative estimate of drug-likeness (QED) is 0.0763. The molecule has 0 aliphatic heterocycles. The summed E-state index contributed by atoms with van der Waals surface area (Å²) in [6.45, 7) is 4.43. The minimum absolute atomic E-state index is 0.125. The van der Waals surface area contributed by atoms with Crippen molar-refractivity contribution in [2.75, 3.05) is 26.8 Å². The van der Waals surface area contributed by atoms with Gasteiger partial charge in [-0.15, -0.1) is 0 Å². The lowest BCUT2D eigenvalue weighted by atomic mass is 10.0. The third-order valence-electron chi connectivity index (χ3n) is 6.53.